The first-order chi connectivity index (χ1) is 11.4. The Kier molecular flexibility index (Phi) is 6.11. The molecule has 0 spiro atoms. The van der Waals surface area contributed by atoms with Crippen molar-refractivity contribution >= 4 is 33.4 Å². The molecule has 2 atom stereocenters. The number of rotatable bonds is 6. The Morgan fingerprint density at radius 3 is 2.25 bits per heavy atom. The molecule has 2 rings (SSSR count). The first kappa shape index (κ1) is 18.2. The van der Waals surface area contributed by atoms with Gasteiger partial charge in [-0.15, -0.1) is 0 Å². The standard InChI is InChI=1S/C18H20BrN3O2/c1-12(22(2)11-13-3-7-15(19)8-4-13)18(24)21-16-9-5-14(6-10-16)17(20)23/h3-10,12H,11H2,1-2H3,(H2,20,23)(H,21,24)/p+1/t12-/m0/s1. The van der Waals surface area contributed by atoms with Gasteiger partial charge in [0.2, 0.25) is 5.91 Å². The van der Waals surface area contributed by atoms with Gasteiger partial charge in [-0.3, -0.25) is 9.59 Å². The monoisotopic (exact) mass is 390 g/mol. The van der Waals surface area contributed by atoms with Crippen LogP contribution in [0.5, 0.6) is 0 Å². The topological polar surface area (TPSA) is 76.6 Å². The van der Waals surface area contributed by atoms with E-state index >= 15 is 0 Å². The van der Waals surface area contributed by atoms with Crippen LogP contribution in [0.15, 0.2) is 53.0 Å². The molecule has 2 aromatic rings. The Bertz CT molecular complexity index is 714. The van der Waals surface area contributed by atoms with Gasteiger partial charge in [0.25, 0.3) is 5.91 Å². The Labute approximate surface area is 150 Å². The molecule has 0 bridgehead atoms. The van der Waals surface area contributed by atoms with E-state index in [2.05, 4.69) is 21.2 Å². The number of quaternary nitrogens is 1. The number of halogens is 1. The zero-order chi connectivity index (χ0) is 17.7. The summed E-state index contributed by atoms with van der Waals surface area (Å²) >= 11 is 3.42. The highest BCUT2D eigenvalue weighted by molar-refractivity contribution is 9.10. The van der Waals surface area contributed by atoms with E-state index in [1.165, 1.54) is 5.56 Å². The van der Waals surface area contributed by atoms with Crippen molar-refractivity contribution in [3.8, 4) is 0 Å². The summed E-state index contributed by atoms with van der Waals surface area (Å²) in [5.41, 5.74) is 7.43. The summed E-state index contributed by atoms with van der Waals surface area (Å²) in [6.45, 7) is 2.64. The number of primary amides is 1. The van der Waals surface area contributed by atoms with Crippen molar-refractivity contribution in [1.29, 1.82) is 0 Å². The lowest BCUT2D eigenvalue weighted by Crippen LogP contribution is -3.12. The van der Waals surface area contributed by atoms with Gasteiger partial charge in [-0.05, 0) is 43.3 Å². The summed E-state index contributed by atoms with van der Waals surface area (Å²) in [6, 6.07) is 14.4. The largest absolute Gasteiger partial charge is 0.366 e. The summed E-state index contributed by atoms with van der Waals surface area (Å²) in [4.78, 5) is 24.5. The van der Waals surface area contributed by atoms with Crippen LogP contribution >= 0.6 is 15.9 Å². The molecule has 0 aliphatic carbocycles. The maximum atomic E-state index is 12.4. The molecule has 0 aliphatic heterocycles. The molecule has 4 N–H and O–H groups in total. The third-order valence-electron chi connectivity index (χ3n) is 3.97. The first-order valence-electron chi connectivity index (χ1n) is 7.64. The Balaban J connectivity index is 1.95. The van der Waals surface area contributed by atoms with Gasteiger partial charge < -0.3 is 16.0 Å². The average molecular weight is 391 g/mol. The summed E-state index contributed by atoms with van der Waals surface area (Å²) in [6.07, 6.45) is 0. The van der Waals surface area contributed by atoms with Crippen LogP contribution in [0.2, 0.25) is 0 Å². The molecule has 1 unspecified atom stereocenters. The number of likely N-dealkylation sites (N-methyl/N-ethyl adjacent to an activating group) is 1. The van der Waals surface area contributed by atoms with Gasteiger partial charge in [0.05, 0.1) is 7.05 Å². The molecule has 126 valence electrons. The Morgan fingerprint density at radius 2 is 1.71 bits per heavy atom. The molecular weight excluding hydrogens is 370 g/mol. The van der Waals surface area contributed by atoms with Crippen LogP contribution in [-0.2, 0) is 11.3 Å². The van der Waals surface area contributed by atoms with Gasteiger partial charge in [-0.1, -0.05) is 28.1 Å². The number of anilines is 1. The SMILES string of the molecule is C[C@@H](C(=O)Nc1ccc(C(N)=O)cc1)[NH+](C)Cc1ccc(Br)cc1. The van der Waals surface area contributed by atoms with E-state index in [1.54, 1.807) is 24.3 Å². The van der Waals surface area contributed by atoms with Crippen LogP contribution in [0.1, 0.15) is 22.8 Å². The highest BCUT2D eigenvalue weighted by atomic mass is 79.9. The quantitative estimate of drug-likeness (QED) is 0.700. The Morgan fingerprint density at radius 1 is 1.12 bits per heavy atom. The minimum atomic E-state index is -0.486. The molecule has 6 heteroatoms. The molecule has 2 amide bonds. The number of benzene rings is 2. The second kappa shape index (κ2) is 8.08. The van der Waals surface area contributed by atoms with E-state index in [9.17, 15) is 9.59 Å². The van der Waals surface area contributed by atoms with E-state index in [1.807, 2.05) is 38.2 Å². The fourth-order valence-corrected chi connectivity index (χ4v) is 2.53. The predicted molar refractivity (Wildman–Crippen MR) is 97.8 cm³/mol. The van der Waals surface area contributed by atoms with Crippen molar-refractivity contribution in [2.24, 2.45) is 5.73 Å². The lowest BCUT2D eigenvalue weighted by Gasteiger charge is -2.21. The first-order valence-corrected chi connectivity index (χ1v) is 8.43. The van der Waals surface area contributed by atoms with Crippen molar-refractivity contribution in [2.45, 2.75) is 19.5 Å². The number of carbonyl (C=O) groups excluding carboxylic acids is 2. The van der Waals surface area contributed by atoms with Crippen LogP contribution in [0, 0.1) is 0 Å². The lowest BCUT2D eigenvalue weighted by molar-refractivity contribution is -0.907. The maximum absolute atomic E-state index is 12.4. The maximum Gasteiger partial charge on any atom is 0.282 e. The number of amides is 2. The molecule has 0 saturated heterocycles. The third-order valence-corrected chi connectivity index (χ3v) is 4.49. The molecule has 24 heavy (non-hydrogen) atoms. The van der Waals surface area contributed by atoms with E-state index in [-0.39, 0.29) is 11.9 Å². The van der Waals surface area contributed by atoms with E-state index in [4.69, 9.17) is 5.73 Å². The molecule has 5 nitrogen and oxygen atoms in total. The number of nitrogens with one attached hydrogen (secondary N) is 2. The van der Waals surface area contributed by atoms with Gasteiger partial charge in [0.15, 0.2) is 6.04 Å². The van der Waals surface area contributed by atoms with Crippen LogP contribution in [0.3, 0.4) is 0 Å². The van der Waals surface area contributed by atoms with E-state index in [0.717, 1.165) is 15.9 Å². The summed E-state index contributed by atoms with van der Waals surface area (Å²) in [7, 11) is 1.99. The van der Waals surface area contributed by atoms with Gasteiger partial charge in [-0.25, -0.2) is 0 Å². The fourth-order valence-electron chi connectivity index (χ4n) is 2.27. The molecular formula is C18H21BrN3O2+. The zero-order valence-electron chi connectivity index (χ0n) is 13.7. The smallest absolute Gasteiger partial charge is 0.282 e. The van der Waals surface area contributed by atoms with E-state index < -0.39 is 5.91 Å². The van der Waals surface area contributed by atoms with Gasteiger partial charge in [0, 0.05) is 21.3 Å². The Hall–Kier alpha value is -2.18. The fraction of sp³-hybridized carbons (Fsp3) is 0.222. The van der Waals surface area contributed by atoms with Crippen LogP contribution in [-0.4, -0.2) is 24.9 Å². The van der Waals surface area contributed by atoms with Crippen LogP contribution < -0.4 is 16.0 Å². The average Bonchev–Trinajstić information content (AvgIpc) is 2.56. The van der Waals surface area contributed by atoms with Crippen molar-refractivity contribution in [1.82, 2.24) is 0 Å². The van der Waals surface area contributed by atoms with Gasteiger partial charge in [0.1, 0.15) is 6.54 Å². The molecule has 0 heterocycles. The summed E-state index contributed by atoms with van der Waals surface area (Å²) in [5, 5.41) is 2.86. The third kappa shape index (κ3) is 4.91. The van der Waals surface area contributed by atoms with E-state index in [0.29, 0.717) is 11.3 Å². The predicted octanol–water partition coefficient (Wildman–Crippen LogP) is 1.59. The van der Waals surface area contributed by atoms with Crippen molar-refractivity contribution in [3.63, 3.8) is 0 Å². The van der Waals surface area contributed by atoms with Crippen molar-refractivity contribution < 1.29 is 14.5 Å². The van der Waals surface area contributed by atoms with Crippen LogP contribution in [0.25, 0.3) is 0 Å². The number of hydrogen-bond acceptors (Lipinski definition) is 2. The molecule has 0 radical (unpaired) electrons. The number of carbonyl (C=O) groups is 2. The second-order valence-corrected chi connectivity index (χ2v) is 6.72. The summed E-state index contributed by atoms with van der Waals surface area (Å²) < 4.78 is 1.04. The molecule has 0 aromatic heterocycles. The van der Waals surface area contributed by atoms with Gasteiger partial charge >= 0.3 is 0 Å². The highest BCUT2D eigenvalue weighted by Crippen LogP contribution is 2.10. The molecule has 0 saturated carbocycles. The second-order valence-electron chi connectivity index (χ2n) is 5.80. The zero-order valence-corrected chi connectivity index (χ0v) is 15.3. The molecule has 2 aromatic carbocycles. The minimum Gasteiger partial charge on any atom is -0.366 e. The number of nitrogens with two attached hydrogens (primary N) is 1. The molecule has 0 fully saturated rings. The highest BCUT2D eigenvalue weighted by Gasteiger charge is 2.22. The van der Waals surface area contributed by atoms with Crippen molar-refractivity contribution in [3.05, 3.63) is 64.1 Å². The van der Waals surface area contributed by atoms with Crippen molar-refractivity contribution in [2.75, 3.05) is 12.4 Å². The number of hydrogen-bond donors (Lipinski definition) is 3. The van der Waals surface area contributed by atoms with Gasteiger partial charge in [-0.2, -0.15) is 0 Å². The summed E-state index contributed by atoms with van der Waals surface area (Å²) in [5.74, 6) is -0.559. The van der Waals surface area contributed by atoms with Crippen LogP contribution in [0.4, 0.5) is 5.69 Å². The minimum absolute atomic E-state index is 0.0727. The normalized spacial score (nSPS) is 13.1. The molecule has 0 aliphatic rings. The lowest BCUT2D eigenvalue weighted by atomic mass is 10.1.